The van der Waals surface area contributed by atoms with Crippen molar-refractivity contribution in [3.63, 3.8) is 0 Å². The number of halogens is 1. The number of rotatable bonds is 7. The van der Waals surface area contributed by atoms with Gasteiger partial charge in [0.2, 0.25) is 0 Å². The van der Waals surface area contributed by atoms with E-state index in [2.05, 4.69) is 71.9 Å². The Labute approximate surface area is 191 Å². The standard InChI is InChI=1S/C23H31N3O2.HI/c1-17-4-7-19(8-5-17)10-12-25-23(24-3)26-15-20-9-6-18(2)14-22(20)28-21-11-13-27-16-21;/h4-9,14,21H,10-13,15-16H2,1-3H3,(H2,24,25,26);1H. The van der Waals surface area contributed by atoms with E-state index in [4.69, 9.17) is 9.47 Å². The first-order chi connectivity index (χ1) is 13.6. The van der Waals surface area contributed by atoms with Gasteiger partial charge >= 0.3 is 0 Å². The Bertz CT molecular complexity index is 787. The number of ether oxygens (including phenoxy) is 2. The molecule has 0 aliphatic carbocycles. The molecule has 6 heteroatoms. The minimum atomic E-state index is 0. The van der Waals surface area contributed by atoms with Crippen LogP contribution < -0.4 is 15.4 Å². The molecule has 0 amide bonds. The van der Waals surface area contributed by atoms with Gasteiger partial charge in [-0.25, -0.2) is 0 Å². The SMILES string of the molecule is CN=C(NCCc1ccc(C)cc1)NCc1ccc(C)cc1OC1CCOC1.I. The van der Waals surface area contributed by atoms with E-state index in [1.54, 1.807) is 7.05 Å². The third-order valence-electron chi connectivity index (χ3n) is 4.90. The van der Waals surface area contributed by atoms with Gasteiger partial charge < -0.3 is 20.1 Å². The number of guanidine groups is 1. The first-order valence-corrected chi connectivity index (χ1v) is 9.98. The second-order valence-corrected chi connectivity index (χ2v) is 7.30. The van der Waals surface area contributed by atoms with E-state index in [9.17, 15) is 0 Å². The smallest absolute Gasteiger partial charge is 0.191 e. The molecule has 0 saturated carbocycles. The maximum absolute atomic E-state index is 6.18. The molecule has 1 fully saturated rings. The van der Waals surface area contributed by atoms with Crippen LogP contribution in [0.5, 0.6) is 5.75 Å². The van der Waals surface area contributed by atoms with Gasteiger partial charge in [-0.15, -0.1) is 24.0 Å². The Hall–Kier alpha value is -1.80. The summed E-state index contributed by atoms with van der Waals surface area (Å²) in [5.41, 5.74) is 4.92. The summed E-state index contributed by atoms with van der Waals surface area (Å²) < 4.78 is 11.6. The molecule has 2 aromatic carbocycles. The fourth-order valence-corrected chi connectivity index (χ4v) is 3.18. The number of aliphatic imine (C=N–C) groups is 1. The van der Waals surface area contributed by atoms with E-state index in [-0.39, 0.29) is 30.1 Å². The molecule has 1 aliphatic rings. The van der Waals surface area contributed by atoms with Gasteiger partial charge in [0.1, 0.15) is 11.9 Å². The normalized spacial score (nSPS) is 16.2. The molecule has 1 saturated heterocycles. The van der Waals surface area contributed by atoms with E-state index in [0.29, 0.717) is 13.2 Å². The Morgan fingerprint density at radius 3 is 2.55 bits per heavy atom. The Morgan fingerprint density at radius 2 is 1.86 bits per heavy atom. The zero-order valence-corrected chi connectivity index (χ0v) is 19.9. The number of aryl methyl sites for hydroxylation is 2. The van der Waals surface area contributed by atoms with Gasteiger partial charge in [-0.1, -0.05) is 42.0 Å². The molecule has 1 aliphatic heterocycles. The van der Waals surface area contributed by atoms with Crippen molar-refractivity contribution in [2.45, 2.75) is 39.3 Å². The molecular formula is C23H32IN3O2. The lowest BCUT2D eigenvalue weighted by atomic mass is 10.1. The Balaban J connectivity index is 0.00000300. The van der Waals surface area contributed by atoms with Gasteiger partial charge in [-0.05, 0) is 37.5 Å². The molecule has 0 radical (unpaired) electrons. The summed E-state index contributed by atoms with van der Waals surface area (Å²) in [5.74, 6) is 1.72. The van der Waals surface area contributed by atoms with Crippen molar-refractivity contribution in [2.24, 2.45) is 4.99 Å². The molecule has 1 atom stereocenters. The maximum atomic E-state index is 6.18. The minimum Gasteiger partial charge on any atom is -0.488 e. The highest BCUT2D eigenvalue weighted by atomic mass is 127. The number of hydrogen-bond donors (Lipinski definition) is 2. The lowest BCUT2D eigenvalue weighted by Crippen LogP contribution is -2.38. The number of nitrogens with zero attached hydrogens (tertiary/aromatic N) is 1. The maximum Gasteiger partial charge on any atom is 0.191 e. The van der Waals surface area contributed by atoms with Crippen LogP contribution in [-0.4, -0.2) is 38.9 Å². The molecule has 0 bridgehead atoms. The van der Waals surface area contributed by atoms with E-state index in [0.717, 1.165) is 43.3 Å². The van der Waals surface area contributed by atoms with Crippen LogP contribution in [0.1, 0.15) is 28.7 Å². The fraction of sp³-hybridized carbons (Fsp3) is 0.435. The molecule has 29 heavy (non-hydrogen) atoms. The second-order valence-electron chi connectivity index (χ2n) is 7.30. The van der Waals surface area contributed by atoms with Crippen LogP contribution in [0.25, 0.3) is 0 Å². The van der Waals surface area contributed by atoms with Crippen LogP contribution in [0.15, 0.2) is 47.5 Å². The lowest BCUT2D eigenvalue weighted by molar-refractivity contribution is 0.140. The Morgan fingerprint density at radius 1 is 1.10 bits per heavy atom. The van der Waals surface area contributed by atoms with Crippen molar-refractivity contribution < 1.29 is 9.47 Å². The third kappa shape index (κ3) is 7.51. The topological polar surface area (TPSA) is 54.9 Å². The van der Waals surface area contributed by atoms with Crippen LogP contribution in [-0.2, 0) is 17.7 Å². The highest BCUT2D eigenvalue weighted by molar-refractivity contribution is 14.0. The van der Waals surface area contributed by atoms with Crippen molar-refractivity contribution in [3.8, 4) is 5.75 Å². The van der Waals surface area contributed by atoms with Crippen LogP contribution >= 0.6 is 24.0 Å². The van der Waals surface area contributed by atoms with Crippen molar-refractivity contribution in [1.82, 2.24) is 10.6 Å². The van der Waals surface area contributed by atoms with Crippen molar-refractivity contribution >= 4 is 29.9 Å². The first kappa shape index (κ1) is 23.5. The summed E-state index contributed by atoms with van der Waals surface area (Å²) >= 11 is 0. The molecule has 0 aromatic heterocycles. The van der Waals surface area contributed by atoms with Crippen molar-refractivity contribution in [1.29, 1.82) is 0 Å². The van der Waals surface area contributed by atoms with Gasteiger partial charge in [0, 0.05) is 32.1 Å². The van der Waals surface area contributed by atoms with Crippen LogP contribution in [0.4, 0.5) is 0 Å². The summed E-state index contributed by atoms with van der Waals surface area (Å²) in [6, 6.07) is 15.0. The summed E-state index contributed by atoms with van der Waals surface area (Å²) in [4.78, 5) is 4.33. The van der Waals surface area contributed by atoms with E-state index >= 15 is 0 Å². The third-order valence-corrected chi connectivity index (χ3v) is 4.90. The molecule has 2 aromatic rings. The van der Waals surface area contributed by atoms with Gasteiger partial charge in [0.25, 0.3) is 0 Å². The average Bonchev–Trinajstić information content (AvgIpc) is 3.20. The van der Waals surface area contributed by atoms with Crippen LogP contribution in [0, 0.1) is 13.8 Å². The average molecular weight is 509 g/mol. The van der Waals surface area contributed by atoms with Gasteiger partial charge in [0.05, 0.1) is 13.2 Å². The molecule has 3 rings (SSSR count). The molecule has 1 unspecified atom stereocenters. The first-order valence-electron chi connectivity index (χ1n) is 9.98. The zero-order valence-electron chi connectivity index (χ0n) is 17.5. The minimum absolute atomic E-state index is 0. The zero-order chi connectivity index (χ0) is 19.8. The summed E-state index contributed by atoms with van der Waals surface area (Å²) in [6.45, 7) is 7.13. The molecule has 0 spiro atoms. The highest BCUT2D eigenvalue weighted by Crippen LogP contribution is 2.23. The number of nitrogens with one attached hydrogen (secondary N) is 2. The van der Waals surface area contributed by atoms with Crippen LogP contribution in [0.2, 0.25) is 0 Å². The second kappa shape index (κ2) is 12.0. The predicted octanol–water partition coefficient (Wildman–Crippen LogP) is 4.00. The highest BCUT2D eigenvalue weighted by Gasteiger charge is 2.18. The van der Waals surface area contributed by atoms with Crippen LogP contribution in [0.3, 0.4) is 0 Å². The molecular weight excluding hydrogens is 477 g/mol. The largest absolute Gasteiger partial charge is 0.488 e. The summed E-state index contributed by atoms with van der Waals surface area (Å²) in [7, 11) is 1.80. The monoisotopic (exact) mass is 509 g/mol. The summed E-state index contributed by atoms with van der Waals surface area (Å²) in [5, 5.41) is 6.78. The number of benzene rings is 2. The molecule has 158 valence electrons. The van der Waals surface area contributed by atoms with Gasteiger partial charge in [-0.2, -0.15) is 0 Å². The van der Waals surface area contributed by atoms with E-state index < -0.39 is 0 Å². The van der Waals surface area contributed by atoms with E-state index in [1.807, 2.05) is 0 Å². The molecule has 5 nitrogen and oxygen atoms in total. The quantitative estimate of drug-likeness (QED) is 0.337. The van der Waals surface area contributed by atoms with Crippen molar-refractivity contribution in [2.75, 3.05) is 26.8 Å². The summed E-state index contributed by atoms with van der Waals surface area (Å²) in [6.07, 6.45) is 2.05. The molecule has 1 heterocycles. The lowest BCUT2D eigenvalue weighted by Gasteiger charge is -2.18. The number of hydrogen-bond acceptors (Lipinski definition) is 3. The van der Waals surface area contributed by atoms with E-state index in [1.165, 1.54) is 16.7 Å². The van der Waals surface area contributed by atoms with Gasteiger partial charge in [0.15, 0.2) is 5.96 Å². The van der Waals surface area contributed by atoms with Gasteiger partial charge in [-0.3, -0.25) is 4.99 Å². The predicted molar refractivity (Wildman–Crippen MR) is 130 cm³/mol. The Kier molecular flexibility index (Phi) is 9.73. The fourth-order valence-electron chi connectivity index (χ4n) is 3.18. The van der Waals surface area contributed by atoms with Crippen molar-refractivity contribution in [3.05, 3.63) is 64.7 Å². The molecule has 2 N–H and O–H groups in total.